The van der Waals surface area contributed by atoms with Gasteiger partial charge in [0.1, 0.15) is 5.69 Å². The quantitative estimate of drug-likeness (QED) is 0.210. The van der Waals surface area contributed by atoms with Gasteiger partial charge in [-0.25, -0.2) is 25.3 Å². The van der Waals surface area contributed by atoms with Gasteiger partial charge in [0.25, 0.3) is 30.1 Å². The molecule has 0 saturated heterocycles. The van der Waals surface area contributed by atoms with Crippen molar-refractivity contribution >= 4 is 87.8 Å². The van der Waals surface area contributed by atoms with Crippen molar-refractivity contribution in [3.63, 3.8) is 0 Å². The number of benzene rings is 4. The number of nitrogens with one attached hydrogen (secondary N) is 1. The molecule has 0 aliphatic carbocycles. The van der Waals surface area contributed by atoms with Crippen LogP contribution in [0.3, 0.4) is 0 Å². The highest BCUT2D eigenvalue weighted by atomic mass is 35.5. The van der Waals surface area contributed by atoms with E-state index in [1.165, 1.54) is 84.9 Å². The number of hydrogen-bond acceptors (Lipinski definition) is 6. The number of nitrogens with zero attached hydrogens (tertiary/aromatic N) is 1. The SMILES string of the molecule is O=S(=O)(Nc1c(Cl)c(Cl)c(N(S(=O)(=O)c2ccccc2)S(=O)(=O)c2ccccc2)c(Cl)c1Cl)c1ccccc1. The monoisotopic (exact) mass is 664 g/mol. The van der Waals surface area contributed by atoms with Crippen molar-refractivity contribution in [1.29, 1.82) is 0 Å². The molecule has 0 aliphatic rings. The van der Waals surface area contributed by atoms with Gasteiger partial charge in [-0.3, -0.25) is 4.72 Å². The fourth-order valence-corrected chi connectivity index (χ4v) is 9.71. The van der Waals surface area contributed by atoms with E-state index in [4.69, 9.17) is 46.4 Å². The molecule has 0 bridgehead atoms. The minimum absolute atomic E-state index is 0.0303. The summed E-state index contributed by atoms with van der Waals surface area (Å²) < 4.78 is 83.3. The molecule has 0 unspecified atom stereocenters. The molecule has 1 N–H and O–H groups in total. The maximum atomic E-state index is 13.8. The van der Waals surface area contributed by atoms with Gasteiger partial charge in [0.15, 0.2) is 0 Å². The summed E-state index contributed by atoms with van der Waals surface area (Å²) in [5.74, 6) is 0. The van der Waals surface area contributed by atoms with Gasteiger partial charge in [0, 0.05) is 0 Å². The fraction of sp³-hybridized carbons (Fsp3) is 0. The molecule has 0 heterocycles. The summed E-state index contributed by atoms with van der Waals surface area (Å²) in [5.41, 5.74) is -1.26. The topological polar surface area (TPSA) is 118 Å². The lowest BCUT2D eigenvalue weighted by atomic mass is 10.3. The Labute approximate surface area is 245 Å². The largest absolute Gasteiger partial charge is 0.277 e. The summed E-state index contributed by atoms with van der Waals surface area (Å²) in [6, 6.07) is 20.6. The predicted molar refractivity (Wildman–Crippen MR) is 153 cm³/mol. The second kappa shape index (κ2) is 11.2. The molecular weight excluding hydrogens is 650 g/mol. The standard InChI is InChI=1S/C24H16Cl4N2O6S3/c25-19-21(27)24(22(28)20(26)23(19)29-37(31,32)16-10-4-1-5-11-16)30(38(33,34)17-12-6-2-7-13-17)39(35,36)18-14-8-3-9-15-18/h1-15,29H. The Kier molecular flexibility index (Phi) is 8.44. The van der Waals surface area contributed by atoms with E-state index in [0.717, 1.165) is 0 Å². The van der Waals surface area contributed by atoms with Gasteiger partial charge in [-0.1, -0.05) is 101 Å². The molecule has 0 radical (unpaired) electrons. The van der Waals surface area contributed by atoms with Crippen LogP contribution in [-0.2, 0) is 30.1 Å². The maximum absolute atomic E-state index is 13.8. The Bertz CT molecular complexity index is 1760. The van der Waals surface area contributed by atoms with E-state index >= 15 is 0 Å². The van der Waals surface area contributed by atoms with Gasteiger partial charge < -0.3 is 0 Å². The number of anilines is 2. The minimum atomic E-state index is -4.91. The van der Waals surface area contributed by atoms with Crippen molar-refractivity contribution in [2.45, 2.75) is 14.7 Å². The minimum Gasteiger partial charge on any atom is -0.276 e. The highest BCUT2D eigenvalue weighted by Crippen LogP contribution is 2.51. The van der Waals surface area contributed by atoms with E-state index in [0.29, 0.717) is 0 Å². The second-order valence-electron chi connectivity index (χ2n) is 7.73. The Balaban J connectivity index is 2.00. The highest BCUT2D eigenvalue weighted by Gasteiger charge is 2.41. The first-order valence-electron chi connectivity index (χ1n) is 10.6. The van der Waals surface area contributed by atoms with Crippen molar-refractivity contribution in [1.82, 2.24) is 0 Å². The van der Waals surface area contributed by atoms with Crippen LogP contribution in [0.2, 0.25) is 20.1 Å². The summed E-state index contributed by atoms with van der Waals surface area (Å²) in [7, 11) is -14.1. The Hall–Kier alpha value is -2.51. The van der Waals surface area contributed by atoms with Gasteiger partial charge in [0.2, 0.25) is 0 Å². The van der Waals surface area contributed by atoms with Crippen molar-refractivity contribution in [2.75, 3.05) is 8.43 Å². The first-order chi connectivity index (χ1) is 18.3. The van der Waals surface area contributed by atoms with Gasteiger partial charge in [-0.2, -0.15) is 3.71 Å². The summed E-state index contributed by atoms with van der Waals surface area (Å²) in [6.07, 6.45) is 0. The first kappa shape index (κ1) is 29.5. The first-order valence-corrected chi connectivity index (χ1v) is 16.5. The molecule has 15 heteroatoms. The Morgan fingerprint density at radius 2 is 0.821 bits per heavy atom. The van der Waals surface area contributed by atoms with E-state index in [1.807, 2.05) is 0 Å². The van der Waals surface area contributed by atoms with Crippen molar-refractivity contribution < 1.29 is 25.3 Å². The second-order valence-corrected chi connectivity index (χ2v) is 14.7. The molecule has 0 spiro atoms. The van der Waals surface area contributed by atoms with Crippen LogP contribution in [0.25, 0.3) is 0 Å². The zero-order valence-corrected chi connectivity index (χ0v) is 24.8. The number of halogens is 4. The average molecular weight is 666 g/mol. The highest BCUT2D eigenvalue weighted by molar-refractivity contribution is 8.10. The van der Waals surface area contributed by atoms with Crippen LogP contribution in [0.4, 0.5) is 11.4 Å². The van der Waals surface area contributed by atoms with Crippen LogP contribution in [0, 0.1) is 0 Å². The molecule has 4 rings (SSSR count). The van der Waals surface area contributed by atoms with Gasteiger partial charge in [-0.15, -0.1) is 0 Å². The Morgan fingerprint density at radius 3 is 1.18 bits per heavy atom. The molecule has 0 fully saturated rings. The lowest BCUT2D eigenvalue weighted by molar-refractivity contribution is 0.584. The average Bonchev–Trinajstić information content (AvgIpc) is 2.93. The van der Waals surface area contributed by atoms with Crippen molar-refractivity contribution in [2.24, 2.45) is 0 Å². The van der Waals surface area contributed by atoms with Gasteiger partial charge in [-0.05, 0) is 36.4 Å². The molecule has 0 aliphatic heterocycles. The lowest BCUT2D eigenvalue weighted by Crippen LogP contribution is -2.37. The molecule has 39 heavy (non-hydrogen) atoms. The number of hydrogen-bond donors (Lipinski definition) is 1. The summed E-state index contributed by atoms with van der Waals surface area (Å²) in [5, 5.41) is -2.54. The smallest absolute Gasteiger partial charge is 0.276 e. The zero-order valence-electron chi connectivity index (χ0n) is 19.3. The third-order valence-electron chi connectivity index (χ3n) is 5.23. The van der Waals surface area contributed by atoms with Gasteiger partial charge >= 0.3 is 0 Å². The van der Waals surface area contributed by atoms with E-state index in [1.54, 1.807) is 6.07 Å². The summed E-state index contributed by atoms with van der Waals surface area (Å²) in [6.45, 7) is 0. The van der Waals surface area contributed by atoms with Crippen molar-refractivity contribution in [3.8, 4) is 0 Å². The Morgan fingerprint density at radius 1 is 0.487 bits per heavy atom. The lowest BCUT2D eigenvalue weighted by Gasteiger charge is -2.27. The van der Waals surface area contributed by atoms with Crippen LogP contribution < -0.4 is 8.43 Å². The zero-order chi connectivity index (χ0) is 28.6. The fourth-order valence-electron chi connectivity index (χ4n) is 3.41. The molecule has 0 saturated carbocycles. The molecule has 0 amide bonds. The van der Waals surface area contributed by atoms with Crippen LogP contribution in [-0.4, -0.2) is 25.3 Å². The van der Waals surface area contributed by atoms with Crippen LogP contribution in [0.1, 0.15) is 0 Å². The molecule has 0 atom stereocenters. The van der Waals surface area contributed by atoms with Crippen molar-refractivity contribution in [3.05, 3.63) is 111 Å². The van der Waals surface area contributed by atoms with E-state index in [2.05, 4.69) is 4.72 Å². The molecule has 8 nitrogen and oxygen atoms in total. The molecule has 204 valence electrons. The van der Waals surface area contributed by atoms with E-state index in [-0.39, 0.29) is 8.61 Å². The van der Waals surface area contributed by atoms with E-state index < -0.39 is 71.3 Å². The molecule has 4 aromatic carbocycles. The normalized spacial score (nSPS) is 12.2. The van der Waals surface area contributed by atoms with Gasteiger partial charge in [0.05, 0.1) is 40.5 Å². The summed E-state index contributed by atoms with van der Waals surface area (Å²) in [4.78, 5) is -0.955. The number of rotatable bonds is 8. The third kappa shape index (κ3) is 5.58. The van der Waals surface area contributed by atoms with Crippen LogP contribution >= 0.6 is 46.4 Å². The number of sulfonamides is 3. The van der Waals surface area contributed by atoms with E-state index in [9.17, 15) is 25.3 Å². The summed E-state index contributed by atoms with van der Waals surface area (Å²) >= 11 is 25.7. The maximum Gasteiger partial charge on any atom is 0.277 e. The molecular formula is C24H16Cl4N2O6S3. The predicted octanol–water partition coefficient (Wildman–Crippen LogP) is 6.69. The third-order valence-corrected chi connectivity index (χ3v) is 12.4. The van der Waals surface area contributed by atoms with Crippen LogP contribution in [0.5, 0.6) is 0 Å². The molecule has 4 aromatic rings. The van der Waals surface area contributed by atoms with Crippen LogP contribution in [0.15, 0.2) is 106 Å². The molecule has 0 aromatic heterocycles.